The predicted octanol–water partition coefficient (Wildman–Crippen LogP) is 2.16. The molecule has 9 nitrogen and oxygen atoms in total. The molecule has 1 aliphatic rings. The van der Waals surface area contributed by atoms with Gasteiger partial charge in [-0.15, -0.1) is 0 Å². The number of benzene rings is 1. The maximum Gasteiger partial charge on any atom is 0.305 e. The summed E-state index contributed by atoms with van der Waals surface area (Å²) in [6.07, 6.45) is 0. The molecule has 0 spiro atoms. The van der Waals surface area contributed by atoms with E-state index in [1.807, 2.05) is 0 Å². The van der Waals surface area contributed by atoms with E-state index in [2.05, 4.69) is 4.98 Å². The molecule has 0 saturated carbocycles. The van der Waals surface area contributed by atoms with Crippen LogP contribution in [0.1, 0.15) is 5.69 Å². The molecule has 0 atom stereocenters. The van der Waals surface area contributed by atoms with Crippen LogP contribution >= 0.6 is 11.6 Å². The van der Waals surface area contributed by atoms with Gasteiger partial charge in [0.15, 0.2) is 0 Å². The molecule has 2 heterocycles. The van der Waals surface area contributed by atoms with Gasteiger partial charge in [-0.1, -0.05) is 11.6 Å². The van der Waals surface area contributed by atoms with Gasteiger partial charge in [0.25, 0.3) is 0 Å². The second-order valence-corrected chi connectivity index (χ2v) is 8.22. The highest BCUT2D eigenvalue weighted by atomic mass is 35.5. The Labute approximate surface area is 164 Å². The molecular weight excluding hydrogens is 413 g/mol. The number of nitriles is 1. The van der Waals surface area contributed by atoms with Gasteiger partial charge in [0, 0.05) is 32.2 Å². The molecule has 0 bridgehead atoms. The lowest BCUT2D eigenvalue weighted by Gasteiger charge is -2.34. The summed E-state index contributed by atoms with van der Waals surface area (Å²) in [5.74, 6) is -0.355. The summed E-state index contributed by atoms with van der Waals surface area (Å²) in [4.78, 5) is 15.8. The fourth-order valence-corrected chi connectivity index (χ4v) is 4.49. The van der Waals surface area contributed by atoms with Crippen molar-refractivity contribution >= 4 is 33.1 Å². The van der Waals surface area contributed by atoms with Crippen molar-refractivity contribution in [3.05, 3.63) is 57.0 Å². The summed E-state index contributed by atoms with van der Waals surface area (Å²) in [7, 11) is -3.84. The van der Waals surface area contributed by atoms with Gasteiger partial charge in [-0.3, -0.25) is 10.1 Å². The van der Waals surface area contributed by atoms with Gasteiger partial charge in [0.2, 0.25) is 15.7 Å². The topological polar surface area (TPSA) is 120 Å². The molecule has 1 aromatic heterocycles. The average Bonchev–Trinajstić information content (AvgIpc) is 2.69. The van der Waals surface area contributed by atoms with E-state index in [1.54, 1.807) is 11.0 Å². The van der Waals surface area contributed by atoms with E-state index in [0.717, 1.165) is 18.2 Å². The van der Waals surface area contributed by atoms with Gasteiger partial charge in [-0.2, -0.15) is 9.57 Å². The lowest BCUT2D eigenvalue weighted by atomic mass is 10.3. The number of nitrogens with zero attached hydrogens (tertiary/aromatic N) is 5. The predicted molar refractivity (Wildman–Crippen MR) is 98.0 cm³/mol. The fraction of sp³-hybridized carbons (Fsp3) is 0.250. The maximum atomic E-state index is 13.3. The van der Waals surface area contributed by atoms with Crippen LogP contribution in [0.2, 0.25) is 5.02 Å². The van der Waals surface area contributed by atoms with E-state index in [1.165, 1.54) is 16.4 Å². The number of nitro groups is 1. The normalized spacial score (nSPS) is 15.2. The Bertz CT molecular complexity index is 1080. The SMILES string of the molecule is N#Cc1nc(N2CCN(S(=O)(=O)c3ccc(F)c(Cl)c3)CC2)ccc1[N+](=O)[O-]. The quantitative estimate of drug-likeness (QED) is 0.543. The van der Waals surface area contributed by atoms with Crippen molar-refractivity contribution in [3.8, 4) is 6.07 Å². The van der Waals surface area contributed by atoms with E-state index >= 15 is 0 Å². The number of sulfonamides is 1. The Morgan fingerprint density at radius 3 is 2.46 bits per heavy atom. The van der Waals surface area contributed by atoms with Gasteiger partial charge in [0.1, 0.15) is 17.7 Å². The molecule has 1 aliphatic heterocycles. The first-order valence-corrected chi connectivity index (χ1v) is 9.81. The summed E-state index contributed by atoms with van der Waals surface area (Å²) in [5, 5.41) is 19.7. The lowest BCUT2D eigenvalue weighted by Crippen LogP contribution is -2.49. The van der Waals surface area contributed by atoms with Crippen LogP contribution in [0.15, 0.2) is 35.2 Å². The monoisotopic (exact) mass is 425 g/mol. The number of hydrogen-bond acceptors (Lipinski definition) is 7. The Morgan fingerprint density at radius 1 is 1.21 bits per heavy atom. The fourth-order valence-electron chi connectivity index (χ4n) is 2.79. The first-order chi connectivity index (χ1) is 13.2. The van der Waals surface area contributed by atoms with Crippen LogP contribution in [0.25, 0.3) is 0 Å². The summed E-state index contributed by atoms with van der Waals surface area (Å²) in [6.45, 7) is 0.781. The van der Waals surface area contributed by atoms with Gasteiger partial charge in [-0.05, 0) is 24.3 Å². The van der Waals surface area contributed by atoms with E-state index < -0.39 is 20.8 Å². The Kier molecular flexibility index (Phi) is 5.46. The molecule has 28 heavy (non-hydrogen) atoms. The Balaban J connectivity index is 1.76. The molecule has 1 fully saturated rings. The van der Waals surface area contributed by atoms with Gasteiger partial charge >= 0.3 is 5.69 Å². The van der Waals surface area contributed by atoms with Crippen molar-refractivity contribution in [1.82, 2.24) is 9.29 Å². The van der Waals surface area contributed by atoms with Gasteiger partial charge < -0.3 is 4.90 Å². The van der Waals surface area contributed by atoms with Gasteiger partial charge in [-0.25, -0.2) is 17.8 Å². The zero-order chi connectivity index (χ0) is 20.5. The highest BCUT2D eigenvalue weighted by Crippen LogP contribution is 2.25. The Hall–Kier alpha value is -2.81. The molecule has 146 valence electrons. The summed E-state index contributed by atoms with van der Waals surface area (Å²) >= 11 is 5.68. The van der Waals surface area contributed by atoms with Crippen LogP contribution in [0.4, 0.5) is 15.9 Å². The van der Waals surface area contributed by atoms with Crippen molar-refractivity contribution < 1.29 is 17.7 Å². The number of hydrogen-bond donors (Lipinski definition) is 0. The molecule has 0 aliphatic carbocycles. The maximum absolute atomic E-state index is 13.3. The molecule has 0 amide bonds. The second kappa shape index (κ2) is 7.67. The van der Waals surface area contributed by atoms with Crippen molar-refractivity contribution in [3.63, 3.8) is 0 Å². The molecule has 0 radical (unpaired) electrons. The van der Waals surface area contributed by atoms with Crippen molar-refractivity contribution in [2.24, 2.45) is 0 Å². The van der Waals surface area contributed by atoms with Gasteiger partial charge in [0.05, 0.1) is 14.8 Å². The summed E-state index contributed by atoms with van der Waals surface area (Å²) in [5.41, 5.74) is -0.695. The molecular formula is C16H13ClFN5O4S. The van der Waals surface area contributed by atoms with E-state index in [0.29, 0.717) is 5.82 Å². The van der Waals surface area contributed by atoms with Crippen LogP contribution in [0.3, 0.4) is 0 Å². The lowest BCUT2D eigenvalue weighted by molar-refractivity contribution is -0.385. The molecule has 1 saturated heterocycles. The third-order valence-electron chi connectivity index (χ3n) is 4.25. The van der Waals surface area contributed by atoms with Crippen LogP contribution in [-0.4, -0.2) is 48.8 Å². The van der Waals surface area contributed by atoms with E-state index in [-0.39, 0.29) is 47.5 Å². The minimum Gasteiger partial charge on any atom is -0.354 e. The van der Waals surface area contributed by atoms with Crippen molar-refractivity contribution in [1.29, 1.82) is 5.26 Å². The first-order valence-electron chi connectivity index (χ1n) is 7.99. The van der Waals surface area contributed by atoms with Crippen LogP contribution in [0, 0.1) is 27.3 Å². The van der Waals surface area contributed by atoms with Crippen LogP contribution in [0.5, 0.6) is 0 Å². The smallest absolute Gasteiger partial charge is 0.305 e. The third-order valence-corrected chi connectivity index (χ3v) is 6.44. The summed E-state index contributed by atoms with van der Waals surface area (Å²) in [6, 6.07) is 7.52. The van der Waals surface area contributed by atoms with Crippen LogP contribution in [-0.2, 0) is 10.0 Å². The number of piperazine rings is 1. The van der Waals surface area contributed by atoms with E-state index in [4.69, 9.17) is 16.9 Å². The highest BCUT2D eigenvalue weighted by molar-refractivity contribution is 7.89. The highest BCUT2D eigenvalue weighted by Gasteiger charge is 2.30. The second-order valence-electron chi connectivity index (χ2n) is 5.87. The summed E-state index contributed by atoms with van der Waals surface area (Å²) < 4.78 is 39.9. The zero-order valence-electron chi connectivity index (χ0n) is 14.2. The third kappa shape index (κ3) is 3.75. The number of pyridine rings is 1. The molecule has 0 N–H and O–H groups in total. The number of halogens is 2. The molecule has 0 unspecified atom stereocenters. The van der Waals surface area contributed by atoms with E-state index in [9.17, 15) is 22.9 Å². The molecule has 2 aromatic rings. The minimum atomic E-state index is -3.84. The first kappa shape index (κ1) is 19.9. The minimum absolute atomic E-state index is 0.104. The zero-order valence-corrected chi connectivity index (χ0v) is 15.8. The van der Waals surface area contributed by atoms with Crippen molar-refractivity contribution in [2.75, 3.05) is 31.1 Å². The number of aromatic nitrogens is 1. The largest absolute Gasteiger partial charge is 0.354 e. The average molecular weight is 426 g/mol. The molecule has 3 rings (SSSR count). The molecule has 1 aromatic carbocycles. The van der Waals surface area contributed by atoms with Crippen LogP contribution < -0.4 is 4.90 Å². The van der Waals surface area contributed by atoms with Crippen molar-refractivity contribution in [2.45, 2.75) is 4.90 Å². The Morgan fingerprint density at radius 2 is 1.89 bits per heavy atom. The molecule has 12 heteroatoms. The number of anilines is 1. The number of rotatable bonds is 4. The standard InChI is InChI=1S/C16H13ClFN5O4S/c17-12-9-11(1-2-13(12)18)28(26,27)22-7-5-21(6-8-22)16-4-3-15(23(24)25)14(10-19)20-16/h1-4,9H,5-8H2.